The first-order chi connectivity index (χ1) is 8.76. The van der Waals surface area contributed by atoms with Crippen molar-refractivity contribution < 1.29 is 9.21 Å². The maximum atomic E-state index is 12.0. The number of amides is 1. The molecule has 1 aromatic rings. The highest BCUT2D eigenvalue weighted by molar-refractivity contribution is 5.95. The summed E-state index contributed by atoms with van der Waals surface area (Å²) in [4.78, 5) is 12.0. The number of nitrogens with two attached hydrogens (primary N) is 1. The fourth-order valence-corrected chi connectivity index (χ4v) is 2.83. The Morgan fingerprint density at radius 2 is 2.28 bits per heavy atom. The molecule has 0 aliphatic heterocycles. The minimum atomic E-state index is -0.0247. The first-order valence-electron chi connectivity index (χ1n) is 6.80. The van der Waals surface area contributed by atoms with Gasteiger partial charge in [-0.1, -0.05) is 13.3 Å². The molecule has 2 rings (SSSR count). The Labute approximate surface area is 108 Å². The highest BCUT2D eigenvalue weighted by atomic mass is 16.3. The molecule has 0 aromatic carbocycles. The maximum absolute atomic E-state index is 12.0. The molecule has 18 heavy (non-hydrogen) atoms. The Bertz CT molecular complexity index is 400. The van der Waals surface area contributed by atoms with Crippen LogP contribution in [0.5, 0.6) is 0 Å². The zero-order valence-corrected chi connectivity index (χ0v) is 10.9. The van der Waals surface area contributed by atoms with Crippen LogP contribution in [0, 0.1) is 11.8 Å². The number of hydrogen-bond acceptors (Lipinski definition) is 3. The van der Waals surface area contributed by atoms with Crippen LogP contribution in [-0.2, 0) is 6.42 Å². The van der Waals surface area contributed by atoms with Gasteiger partial charge >= 0.3 is 0 Å². The zero-order valence-electron chi connectivity index (χ0n) is 10.9. The third-order valence-electron chi connectivity index (χ3n) is 3.96. The number of aryl methyl sites for hydroxylation is 1. The van der Waals surface area contributed by atoms with Crippen molar-refractivity contribution in [2.24, 2.45) is 17.6 Å². The summed E-state index contributed by atoms with van der Waals surface area (Å²) in [5.74, 6) is 1.84. The molecule has 2 unspecified atom stereocenters. The van der Waals surface area contributed by atoms with E-state index in [0.29, 0.717) is 17.4 Å². The smallest absolute Gasteiger partial charge is 0.254 e. The Morgan fingerprint density at radius 1 is 1.50 bits per heavy atom. The fourth-order valence-electron chi connectivity index (χ4n) is 2.83. The van der Waals surface area contributed by atoms with Gasteiger partial charge in [0.05, 0.1) is 11.8 Å². The lowest BCUT2D eigenvalue weighted by Crippen LogP contribution is -2.33. The lowest BCUT2D eigenvalue weighted by Gasteiger charge is -2.18. The van der Waals surface area contributed by atoms with Crippen LogP contribution in [0.4, 0.5) is 0 Å². The van der Waals surface area contributed by atoms with E-state index < -0.39 is 0 Å². The normalized spacial score (nSPS) is 23.2. The van der Waals surface area contributed by atoms with Crippen molar-refractivity contribution >= 4 is 5.91 Å². The molecule has 0 saturated heterocycles. The first kappa shape index (κ1) is 13.1. The van der Waals surface area contributed by atoms with Gasteiger partial charge in [0.2, 0.25) is 0 Å². The van der Waals surface area contributed by atoms with E-state index >= 15 is 0 Å². The van der Waals surface area contributed by atoms with Gasteiger partial charge in [0.15, 0.2) is 0 Å². The van der Waals surface area contributed by atoms with Crippen molar-refractivity contribution in [2.45, 2.75) is 32.6 Å². The Morgan fingerprint density at radius 3 is 3.00 bits per heavy atom. The molecule has 100 valence electrons. The summed E-state index contributed by atoms with van der Waals surface area (Å²) in [6.07, 6.45) is 5.92. The van der Waals surface area contributed by atoms with E-state index in [1.165, 1.54) is 19.3 Å². The van der Waals surface area contributed by atoms with Crippen LogP contribution >= 0.6 is 0 Å². The molecule has 1 fully saturated rings. The Hall–Kier alpha value is -1.29. The molecular formula is C14H22N2O2. The van der Waals surface area contributed by atoms with Crippen molar-refractivity contribution in [2.75, 3.05) is 13.1 Å². The number of carbonyl (C=O) groups is 1. The molecule has 2 atom stereocenters. The second-order valence-corrected chi connectivity index (χ2v) is 5.01. The standard InChI is InChI=1S/C14H22N2O2/c1-2-13-12(6-7-18-13)14(17)16-9-11-5-3-4-10(11)8-15/h6-7,10-11H,2-5,8-9,15H2,1H3,(H,16,17). The minimum Gasteiger partial charge on any atom is -0.469 e. The van der Waals surface area contributed by atoms with E-state index in [2.05, 4.69) is 5.32 Å². The van der Waals surface area contributed by atoms with Crippen LogP contribution < -0.4 is 11.1 Å². The summed E-state index contributed by atoms with van der Waals surface area (Å²) in [6, 6.07) is 1.74. The van der Waals surface area contributed by atoms with Crippen molar-refractivity contribution in [3.05, 3.63) is 23.7 Å². The number of carbonyl (C=O) groups excluding carboxylic acids is 1. The van der Waals surface area contributed by atoms with Crippen molar-refractivity contribution in [3.63, 3.8) is 0 Å². The first-order valence-corrected chi connectivity index (χ1v) is 6.80. The molecule has 1 amide bonds. The molecule has 0 radical (unpaired) electrons. The molecule has 1 saturated carbocycles. The lowest BCUT2D eigenvalue weighted by atomic mass is 9.96. The third kappa shape index (κ3) is 2.75. The maximum Gasteiger partial charge on any atom is 0.254 e. The SMILES string of the molecule is CCc1occc1C(=O)NCC1CCCC1CN. The molecule has 3 N–H and O–H groups in total. The van der Waals surface area contributed by atoms with E-state index in [-0.39, 0.29) is 5.91 Å². The van der Waals surface area contributed by atoms with Gasteiger partial charge in [-0.2, -0.15) is 0 Å². The van der Waals surface area contributed by atoms with Gasteiger partial charge in [0.1, 0.15) is 5.76 Å². The van der Waals surface area contributed by atoms with Gasteiger partial charge in [-0.15, -0.1) is 0 Å². The summed E-state index contributed by atoms with van der Waals surface area (Å²) in [7, 11) is 0. The van der Waals surface area contributed by atoms with E-state index in [4.69, 9.17) is 10.2 Å². The molecule has 0 bridgehead atoms. The minimum absolute atomic E-state index is 0.0247. The second kappa shape index (κ2) is 6.05. The Balaban J connectivity index is 1.88. The summed E-state index contributed by atoms with van der Waals surface area (Å²) in [5.41, 5.74) is 6.41. The Kier molecular flexibility index (Phi) is 4.42. The molecule has 4 nitrogen and oxygen atoms in total. The van der Waals surface area contributed by atoms with Crippen LogP contribution in [0.25, 0.3) is 0 Å². The number of furan rings is 1. The number of rotatable bonds is 5. The monoisotopic (exact) mass is 250 g/mol. The topological polar surface area (TPSA) is 68.3 Å². The van der Waals surface area contributed by atoms with E-state index in [0.717, 1.165) is 25.3 Å². The van der Waals surface area contributed by atoms with Crippen molar-refractivity contribution in [1.29, 1.82) is 0 Å². The molecule has 1 aliphatic carbocycles. The van der Waals surface area contributed by atoms with Crippen molar-refractivity contribution in [1.82, 2.24) is 5.32 Å². The zero-order chi connectivity index (χ0) is 13.0. The lowest BCUT2D eigenvalue weighted by molar-refractivity contribution is 0.0942. The predicted molar refractivity (Wildman–Crippen MR) is 70.3 cm³/mol. The van der Waals surface area contributed by atoms with Gasteiger partial charge in [0, 0.05) is 13.0 Å². The summed E-state index contributed by atoms with van der Waals surface area (Å²) < 4.78 is 5.27. The number of hydrogen-bond donors (Lipinski definition) is 2. The largest absolute Gasteiger partial charge is 0.469 e. The van der Waals surface area contributed by atoms with Gasteiger partial charge in [-0.05, 0) is 37.3 Å². The molecule has 1 aromatic heterocycles. The highest BCUT2D eigenvalue weighted by Crippen LogP contribution is 2.30. The van der Waals surface area contributed by atoms with Gasteiger partial charge in [0.25, 0.3) is 5.91 Å². The average molecular weight is 250 g/mol. The van der Waals surface area contributed by atoms with E-state index in [1.54, 1.807) is 12.3 Å². The molecule has 0 spiro atoms. The van der Waals surface area contributed by atoms with Crippen LogP contribution in [0.1, 0.15) is 42.3 Å². The fraction of sp³-hybridized carbons (Fsp3) is 0.643. The summed E-state index contributed by atoms with van der Waals surface area (Å²) in [5, 5.41) is 3.01. The van der Waals surface area contributed by atoms with E-state index in [1.807, 2.05) is 6.92 Å². The van der Waals surface area contributed by atoms with Crippen LogP contribution in [0.2, 0.25) is 0 Å². The van der Waals surface area contributed by atoms with Gasteiger partial charge in [-0.25, -0.2) is 0 Å². The van der Waals surface area contributed by atoms with Crippen LogP contribution in [0.3, 0.4) is 0 Å². The molecule has 1 aliphatic rings. The molecular weight excluding hydrogens is 228 g/mol. The highest BCUT2D eigenvalue weighted by Gasteiger charge is 2.26. The summed E-state index contributed by atoms with van der Waals surface area (Å²) in [6.45, 7) is 3.44. The quantitative estimate of drug-likeness (QED) is 0.839. The second-order valence-electron chi connectivity index (χ2n) is 5.01. The predicted octanol–water partition coefficient (Wildman–Crippen LogP) is 1.95. The average Bonchev–Trinajstić information content (AvgIpc) is 3.03. The summed E-state index contributed by atoms with van der Waals surface area (Å²) >= 11 is 0. The van der Waals surface area contributed by atoms with E-state index in [9.17, 15) is 4.79 Å². The van der Waals surface area contributed by atoms with Gasteiger partial charge < -0.3 is 15.5 Å². The number of nitrogens with one attached hydrogen (secondary N) is 1. The van der Waals surface area contributed by atoms with Gasteiger partial charge in [-0.3, -0.25) is 4.79 Å². The third-order valence-corrected chi connectivity index (χ3v) is 3.96. The molecule has 1 heterocycles. The molecule has 4 heteroatoms. The van der Waals surface area contributed by atoms with Crippen LogP contribution in [-0.4, -0.2) is 19.0 Å². The van der Waals surface area contributed by atoms with Crippen molar-refractivity contribution in [3.8, 4) is 0 Å². The van der Waals surface area contributed by atoms with Crippen LogP contribution in [0.15, 0.2) is 16.7 Å².